The van der Waals surface area contributed by atoms with Gasteiger partial charge in [0, 0.05) is 11.7 Å². The Bertz CT molecular complexity index is 503. The molecule has 0 aliphatic carbocycles. The fourth-order valence-corrected chi connectivity index (χ4v) is 2.32. The van der Waals surface area contributed by atoms with Crippen LogP contribution in [0.1, 0.15) is 24.1 Å². The molecule has 0 spiro atoms. The number of amides is 1. The molecule has 3 nitrogen and oxygen atoms in total. The molecule has 0 aliphatic heterocycles. The Hall–Kier alpha value is -1.65. The zero-order valence-electron chi connectivity index (χ0n) is 10.2. The lowest BCUT2D eigenvalue weighted by Gasteiger charge is -2.08. The summed E-state index contributed by atoms with van der Waals surface area (Å²) in [7, 11) is 0. The molecule has 0 saturated carbocycles. The van der Waals surface area contributed by atoms with Crippen LogP contribution in [-0.2, 0) is 11.2 Å². The lowest BCUT2D eigenvalue weighted by atomic mass is 10.1. The van der Waals surface area contributed by atoms with Crippen molar-refractivity contribution in [3.63, 3.8) is 0 Å². The van der Waals surface area contributed by atoms with Crippen molar-refractivity contribution >= 4 is 22.9 Å². The summed E-state index contributed by atoms with van der Waals surface area (Å²) < 4.78 is 0. The van der Waals surface area contributed by atoms with Gasteiger partial charge in [0.1, 0.15) is 0 Å². The Labute approximate surface area is 111 Å². The van der Waals surface area contributed by atoms with Gasteiger partial charge in [0.15, 0.2) is 0 Å². The molecule has 2 aromatic rings. The van der Waals surface area contributed by atoms with Crippen molar-refractivity contribution in [2.24, 2.45) is 5.73 Å². The van der Waals surface area contributed by atoms with E-state index in [4.69, 9.17) is 5.73 Å². The van der Waals surface area contributed by atoms with E-state index in [9.17, 15) is 4.79 Å². The number of benzene rings is 1. The van der Waals surface area contributed by atoms with Gasteiger partial charge in [-0.05, 0) is 47.0 Å². The highest BCUT2D eigenvalue weighted by Crippen LogP contribution is 2.15. The summed E-state index contributed by atoms with van der Waals surface area (Å²) in [4.78, 5) is 11.8. The topological polar surface area (TPSA) is 55.1 Å². The Morgan fingerprint density at radius 2 is 2.06 bits per heavy atom. The van der Waals surface area contributed by atoms with Crippen molar-refractivity contribution in [1.29, 1.82) is 0 Å². The van der Waals surface area contributed by atoms with Gasteiger partial charge in [-0.2, -0.15) is 11.3 Å². The SMILES string of the molecule is CC(N)c1ccc(NC(=O)Cc2ccsc2)cc1. The predicted molar refractivity (Wildman–Crippen MR) is 75.7 cm³/mol. The van der Waals surface area contributed by atoms with Gasteiger partial charge in [0.25, 0.3) is 0 Å². The van der Waals surface area contributed by atoms with Gasteiger partial charge in [-0.25, -0.2) is 0 Å². The number of thiophene rings is 1. The summed E-state index contributed by atoms with van der Waals surface area (Å²) in [6.45, 7) is 1.93. The average molecular weight is 260 g/mol. The standard InChI is InChI=1S/C14H16N2OS/c1-10(15)12-2-4-13(5-3-12)16-14(17)8-11-6-7-18-9-11/h2-7,9-10H,8,15H2,1H3,(H,16,17). The van der Waals surface area contributed by atoms with E-state index in [0.717, 1.165) is 16.8 Å². The number of nitrogens with two attached hydrogens (primary N) is 1. The number of nitrogens with one attached hydrogen (secondary N) is 1. The van der Waals surface area contributed by atoms with Crippen molar-refractivity contribution in [2.75, 3.05) is 5.32 Å². The second kappa shape index (κ2) is 5.80. The smallest absolute Gasteiger partial charge is 0.228 e. The first-order valence-corrected chi connectivity index (χ1v) is 6.76. The molecule has 0 saturated heterocycles. The molecular weight excluding hydrogens is 244 g/mol. The molecule has 0 bridgehead atoms. The molecule has 0 radical (unpaired) electrons. The van der Waals surface area contributed by atoms with Crippen LogP contribution >= 0.6 is 11.3 Å². The maximum absolute atomic E-state index is 11.8. The average Bonchev–Trinajstić information content (AvgIpc) is 2.82. The minimum atomic E-state index is 0.00180. The van der Waals surface area contributed by atoms with Crippen LogP contribution in [0.4, 0.5) is 5.69 Å². The molecule has 3 N–H and O–H groups in total. The number of carbonyl (C=O) groups excluding carboxylic acids is 1. The lowest BCUT2D eigenvalue weighted by Crippen LogP contribution is -2.14. The largest absolute Gasteiger partial charge is 0.326 e. The number of anilines is 1. The van der Waals surface area contributed by atoms with Gasteiger partial charge >= 0.3 is 0 Å². The van der Waals surface area contributed by atoms with Crippen molar-refractivity contribution in [3.8, 4) is 0 Å². The van der Waals surface area contributed by atoms with Crippen molar-refractivity contribution in [1.82, 2.24) is 0 Å². The van der Waals surface area contributed by atoms with E-state index >= 15 is 0 Å². The van der Waals surface area contributed by atoms with Gasteiger partial charge < -0.3 is 11.1 Å². The lowest BCUT2D eigenvalue weighted by molar-refractivity contribution is -0.115. The highest BCUT2D eigenvalue weighted by molar-refractivity contribution is 7.08. The minimum absolute atomic E-state index is 0.00180. The molecule has 2 rings (SSSR count). The van der Waals surface area contributed by atoms with Gasteiger partial charge in [-0.15, -0.1) is 0 Å². The minimum Gasteiger partial charge on any atom is -0.326 e. The highest BCUT2D eigenvalue weighted by atomic mass is 32.1. The van der Waals surface area contributed by atoms with E-state index in [1.807, 2.05) is 48.0 Å². The number of hydrogen-bond donors (Lipinski definition) is 2. The van der Waals surface area contributed by atoms with Crippen LogP contribution in [0.5, 0.6) is 0 Å². The summed E-state index contributed by atoms with van der Waals surface area (Å²) in [6.07, 6.45) is 0.415. The molecule has 1 aromatic carbocycles. The highest BCUT2D eigenvalue weighted by Gasteiger charge is 2.05. The van der Waals surface area contributed by atoms with Crippen LogP contribution in [0.3, 0.4) is 0 Å². The van der Waals surface area contributed by atoms with Crippen LogP contribution in [0, 0.1) is 0 Å². The molecule has 4 heteroatoms. The van der Waals surface area contributed by atoms with E-state index in [1.165, 1.54) is 0 Å². The fraction of sp³-hybridized carbons (Fsp3) is 0.214. The van der Waals surface area contributed by atoms with Crippen LogP contribution in [-0.4, -0.2) is 5.91 Å². The first-order chi connectivity index (χ1) is 8.65. The third kappa shape index (κ3) is 3.42. The van der Waals surface area contributed by atoms with E-state index in [0.29, 0.717) is 6.42 Å². The number of rotatable bonds is 4. The molecule has 18 heavy (non-hydrogen) atoms. The maximum atomic E-state index is 11.8. The second-order valence-corrected chi connectivity index (χ2v) is 5.05. The van der Waals surface area contributed by atoms with Gasteiger partial charge in [0.2, 0.25) is 5.91 Å². The molecule has 0 aliphatic rings. The summed E-state index contributed by atoms with van der Waals surface area (Å²) in [5, 5.41) is 6.83. The Morgan fingerprint density at radius 3 is 2.61 bits per heavy atom. The van der Waals surface area contributed by atoms with Gasteiger partial charge in [-0.3, -0.25) is 4.79 Å². The molecular formula is C14H16N2OS. The van der Waals surface area contributed by atoms with Crippen LogP contribution in [0.25, 0.3) is 0 Å². The van der Waals surface area contributed by atoms with Crippen molar-refractivity contribution in [3.05, 3.63) is 52.2 Å². The fourth-order valence-electron chi connectivity index (χ4n) is 1.65. The third-order valence-electron chi connectivity index (χ3n) is 2.67. The normalized spacial score (nSPS) is 12.1. The molecule has 1 heterocycles. The molecule has 1 atom stereocenters. The van der Waals surface area contributed by atoms with Crippen molar-refractivity contribution < 1.29 is 4.79 Å². The van der Waals surface area contributed by atoms with E-state index in [-0.39, 0.29) is 11.9 Å². The summed E-state index contributed by atoms with van der Waals surface area (Å²) >= 11 is 1.60. The van der Waals surface area contributed by atoms with Crippen LogP contribution in [0.2, 0.25) is 0 Å². The maximum Gasteiger partial charge on any atom is 0.228 e. The number of carbonyl (C=O) groups is 1. The first kappa shape index (κ1) is 12.8. The van der Waals surface area contributed by atoms with Crippen molar-refractivity contribution in [2.45, 2.75) is 19.4 Å². The number of hydrogen-bond acceptors (Lipinski definition) is 3. The summed E-state index contributed by atoms with van der Waals surface area (Å²) in [5.74, 6) is 0.00180. The van der Waals surface area contributed by atoms with Crippen LogP contribution < -0.4 is 11.1 Å². The van der Waals surface area contributed by atoms with E-state index in [2.05, 4.69) is 5.32 Å². The zero-order valence-corrected chi connectivity index (χ0v) is 11.0. The summed E-state index contributed by atoms with van der Waals surface area (Å²) in [6, 6.07) is 9.61. The first-order valence-electron chi connectivity index (χ1n) is 5.81. The van der Waals surface area contributed by atoms with E-state index in [1.54, 1.807) is 11.3 Å². The van der Waals surface area contributed by atoms with E-state index < -0.39 is 0 Å². The summed E-state index contributed by atoms with van der Waals surface area (Å²) in [5.41, 5.74) is 8.68. The monoisotopic (exact) mass is 260 g/mol. The molecule has 94 valence electrons. The Morgan fingerprint density at radius 1 is 1.33 bits per heavy atom. The zero-order chi connectivity index (χ0) is 13.0. The predicted octanol–water partition coefficient (Wildman–Crippen LogP) is 2.95. The molecule has 1 amide bonds. The molecule has 1 unspecified atom stereocenters. The second-order valence-electron chi connectivity index (χ2n) is 4.27. The van der Waals surface area contributed by atoms with Gasteiger partial charge in [-0.1, -0.05) is 12.1 Å². The molecule has 1 aromatic heterocycles. The van der Waals surface area contributed by atoms with Gasteiger partial charge in [0.05, 0.1) is 6.42 Å². The third-order valence-corrected chi connectivity index (χ3v) is 3.40. The van der Waals surface area contributed by atoms with Crippen LogP contribution in [0.15, 0.2) is 41.1 Å². The Balaban J connectivity index is 1.95. The Kier molecular flexibility index (Phi) is 4.12. The quantitative estimate of drug-likeness (QED) is 0.888. The molecule has 0 fully saturated rings.